The van der Waals surface area contributed by atoms with E-state index in [-0.39, 0.29) is 0 Å². The smallest absolute Gasteiger partial charge is 0.126 e. The molecule has 0 spiro atoms. The van der Waals surface area contributed by atoms with Gasteiger partial charge in [0.2, 0.25) is 0 Å². The molecule has 0 fully saturated rings. The minimum atomic E-state index is 0.574. The van der Waals surface area contributed by atoms with Gasteiger partial charge in [-0.2, -0.15) is 0 Å². The summed E-state index contributed by atoms with van der Waals surface area (Å²) in [4.78, 5) is 4.25. The summed E-state index contributed by atoms with van der Waals surface area (Å²) in [7, 11) is 0. The highest BCUT2D eigenvalue weighted by Crippen LogP contribution is 2.16. The lowest BCUT2D eigenvalue weighted by Crippen LogP contribution is -2.02. The standard InChI is InChI=1S/C11H18N2/c1-4-6-12-11-8-10(9(2)3)5-7-13-11/h5,7-9H,4,6H2,1-3H3,(H,12,13). The molecule has 2 heteroatoms. The summed E-state index contributed by atoms with van der Waals surface area (Å²) in [5, 5.41) is 3.28. The lowest BCUT2D eigenvalue weighted by molar-refractivity contribution is 0.861. The Bertz CT molecular complexity index is 256. The Morgan fingerprint density at radius 2 is 2.23 bits per heavy atom. The van der Waals surface area contributed by atoms with Crippen molar-refractivity contribution in [3.8, 4) is 0 Å². The molecule has 0 atom stereocenters. The first-order chi connectivity index (χ1) is 6.24. The maximum atomic E-state index is 4.25. The minimum Gasteiger partial charge on any atom is -0.370 e. The molecule has 1 heterocycles. The van der Waals surface area contributed by atoms with Gasteiger partial charge in [0.15, 0.2) is 0 Å². The molecule has 2 nitrogen and oxygen atoms in total. The third-order valence-corrected chi connectivity index (χ3v) is 2.01. The van der Waals surface area contributed by atoms with Crippen molar-refractivity contribution in [1.82, 2.24) is 4.98 Å². The van der Waals surface area contributed by atoms with E-state index in [1.807, 2.05) is 6.20 Å². The summed E-state index contributed by atoms with van der Waals surface area (Å²) < 4.78 is 0. The Kier molecular flexibility index (Phi) is 3.74. The quantitative estimate of drug-likeness (QED) is 0.766. The zero-order valence-corrected chi connectivity index (χ0v) is 8.67. The van der Waals surface area contributed by atoms with E-state index in [1.54, 1.807) is 0 Å². The second-order valence-corrected chi connectivity index (χ2v) is 3.56. The van der Waals surface area contributed by atoms with Gasteiger partial charge in [0, 0.05) is 12.7 Å². The number of pyridine rings is 1. The van der Waals surface area contributed by atoms with Gasteiger partial charge in [-0.05, 0) is 30.0 Å². The molecule has 72 valence electrons. The highest BCUT2D eigenvalue weighted by Gasteiger charge is 1.99. The van der Waals surface area contributed by atoms with Crippen molar-refractivity contribution < 1.29 is 0 Å². The second kappa shape index (κ2) is 4.85. The van der Waals surface area contributed by atoms with Crippen LogP contribution in [0.4, 0.5) is 5.82 Å². The average Bonchev–Trinajstić information content (AvgIpc) is 2.15. The topological polar surface area (TPSA) is 24.9 Å². The number of rotatable bonds is 4. The predicted molar refractivity (Wildman–Crippen MR) is 57.1 cm³/mol. The summed E-state index contributed by atoms with van der Waals surface area (Å²) in [5.41, 5.74) is 1.34. The molecular formula is C11H18N2. The highest BCUT2D eigenvalue weighted by molar-refractivity contribution is 5.38. The fourth-order valence-electron chi connectivity index (χ4n) is 1.16. The van der Waals surface area contributed by atoms with E-state index in [1.165, 1.54) is 5.56 Å². The van der Waals surface area contributed by atoms with E-state index in [4.69, 9.17) is 0 Å². The van der Waals surface area contributed by atoms with Crippen LogP contribution >= 0.6 is 0 Å². The molecule has 1 N–H and O–H groups in total. The first kappa shape index (κ1) is 10.0. The van der Waals surface area contributed by atoms with Gasteiger partial charge < -0.3 is 5.32 Å². The number of nitrogens with zero attached hydrogens (tertiary/aromatic N) is 1. The molecule has 0 saturated carbocycles. The Morgan fingerprint density at radius 1 is 1.46 bits per heavy atom. The van der Waals surface area contributed by atoms with Crippen LogP contribution in [-0.4, -0.2) is 11.5 Å². The first-order valence-corrected chi connectivity index (χ1v) is 4.94. The van der Waals surface area contributed by atoms with E-state index >= 15 is 0 Å². The minimum absolute atomic E-state index is 0.574. The summed E-state index contributed by atoms with van der Waals surface area (Å²) in [6.45, 7) is 7.53. The van der Waals surface area contributed by atoms with E-state index in [0.717, 1.165) is 18.8 Å². The van der Waals surface area contributed by atoms with Gasteiger partial charge in [0.25, 0.3) is 0 Å². The molecule has 0 unspecified atom stereocenters. The number of anilines is 1. The van der Waals surface area contributed by atoms with E-state index in [2.05, 4.69) is 43.2 Å². The summed E-state index contributed by atoms with van der Waals surface area (Å²) in [6.07, 6.45) is 3.00. The molecule has 1 aromatic heterocycles. The van der Waals surface area contributed by atoms with Crippen molar-refractivity contribution in [2.24, 2.45) is 0 Å². The molecule has 0 aromatic carbocycles. The zero-order chi connectivity index (χ0) is 9.68. The third-order valence-electron chi connectivity index (χ3n) is 2.01. The molecule has 0 bridgehead atoms. The van der Waals surface area contributed by atoms with Gasteiger partial charge in [0.1, 0.15) is 5.82 Å². The molecule has 0 amide bonds. The SMILES string of the molecule is CCCNc1cc(C(C)C)ccn1. The van der Waals surface area contributed by atoms with Gasteiger partial charge in [-0.3, -0.25) is 0 Å². The number of nitrogens with one attached hydrogen (secondary N) is 1. The van der Waals surface area contributed by atoms with Crippen molar-refractivity contribution in [3.63, 3.8) is 0 Å². The van der Waals surface area contributed by atoms with Crippen LogP contribution in [0.25, 0.3) is 0 Å². The fourth-order valence-corrected chi connectivity index (χ4v) is 1.16. The van der Waals surface area contributed by atoms with E-state index in [9.17, 15) is 0 Å². The predicted octanol–water partition coefficient (Wildman–Crippen LogP) is 3.03. The first-order valence-electron chi connectivity index (χ1n) is 4.94. The van der Waals surface area contributed by atoms with Crippen LogP contribution in [0, 0.1) is 0 Å². The summed E-state index contributed by atoms with van der Waals surface area (Å²) in [6, 6.07) is 4.20. The normalized spacial score (nSPS) is 10.5. The number of hydrogen-bond donors (Lipinski definition) is 1. The van der Waals surface area contributed by atoms with Gasteiger partial charge in [-0.25, -0.2) is 4.98 Å². The van der Waals surface area contributed by atoms with Gasteiger partial charge >= 0.3 is 0 Å². The molecule has 0 radical (unpaired) electrons. The van der Waals surface area contributed by atoms with Crippen LogP contribution < -0.4 is 5.32 Å². The molecule has 13 heavy (non-hydrogen) atoms. The molecule has 0 aliphatic heterocycles. The molecule has 1 rings (SSSR count). The molecule has 1 aromatic rings. The highest BCUT2D eigenvalue weighted by atomic mass is 15.0. The lowest BCUT2D eigenvalue weighted by Gasteiger charge is -2.08. The monoisotopic (exact) mass is 178 g/mol. The van der Waals surface area contributed by atoms with E-state index < -0.39 is 0 Å². The van der Waals surface area contributed by atoms with Crippen LogP contribution in [0.1, 0.15) is 38.7 Å². The summed E-state index contributed by atoms with van der Waals surface area (Å²) >= 11 is 0. The van der Waals surface area contributed by atoms with Crippen molar-refractivity contribution >= 4 is 5.82 Å². The molecule has 0 aliphatic rings. The fraction of sp³-hybridized carbons (Fsp3) is 0.545. The third kappa shape index (κ3) is 3.05. The maximum absolute atomic E-state index is 4.25. The van der Waals surface area contributed by atoms with Crippen molar-refractivity contribution in [3.05, 3.63) is 23.9 Å². The number of hydrogen-bond acceptors (Lipinski definition) is 2. The average molecular weight is 178 g/mol. The van der Waals surface area contributed by atoms with Gasteiger partial charge in [-0.15, -0.1) is 0 Å². The van der Waals surface area contributed by atoms with Crippen molar-refractivity contribution in [1.29, 1.82) is 0 Å². The van der Waals surface area contributed by atoms with Crippen LogP contribution in [0.3, 0.4) is 0 Å². The van der Waals surface area contributed by atoms with Gasteiger partial charge in [-0.1, -0.05) is 20.8 Å². The lowest BCUT2D eigenvalue weighted by atomic mass is 10.1. The van der Waals surface area contributed by atoms with Crippen molar-refractivity contribution in [2.75, 3.05) is 11.9 Å². The van der Waals surface area contributed by atoms with Crippen molar-refractivity contribution in [2.45, 2.75) is 33.1 Å². The zero-order valence-electron chi connectivity index (χ0n) is 8.67. The second-order valence-electron chi connectivity index (χ2n) is 3.56. The molecule has 0 aliphatic carbocycles. The van der Waals surface area contributed by atoms with Gasteiger partial charge in [0.05, 0.1) is 0 Å². The Hall–Kier alpha value is -1.05. The van der Waals surface area contributed by atoms with Crippen LogP contribution in [0.2, 0.25) is 0 Å². The largest absolute Gasteiger partial charge is 0.370 e. The Morgan fingerprint density at radius 3 is 2.85 bits per heavy atom. The Labute approximate surface area is 80.4 Å². The van der Waals surface area contributed by atoms with Crippen LogP contribution in [-0.2, 0) is 0 Å². The van der Waals surface area contributed by atoms with Crippen LogP contribution in [0.5, 0.6) is 0 Å². The van der Waals surface area contributed by atoms with E-state index in [0.29, 0.717) is 5.92 Å². The number of aromatic nitrogens is 1. The maximum Gasteiger partial charge on any atom is 0.126 e. The molecular weight excluding hydrogens is 160 g/mol. The molecule has 0 saturated heterocycles. The summed E-state index contributed by atoms with van der Waals surface area (Å²) in [5.74, 6) is 1.57. The Balaban J connectivity index is 2.68. The van der Waals surface area contributed by atoms with Crippen LogP contribution in [0.15, 0.2) is 18.3 Å².